The average Bonchev–Trinajstić information content (AvgIpc) is 3.51. The van der Waals surface area contributed by atoms with E-state index in [0.29, 0.717) is 12.1 Å². The summed E-state index contributed by atoms with van der Waals surface area (Å²) in [6, 6.07) is 8.53. The summed E-state index contributed by atoms with van der Waals surface area (Å²) in [6.07, 6.45) is 8.69. The molecule has 12 nitrogen and oxygen atoms in total. The minimum atomic E-state index is -0.707. The summed E-state index contributed by atoms with van der Waals surface area (Å²) in [6.45, 7) is 1.80. The zero-order chi connectivity index (χ0) is 23.4. The summed E-state index contributed by atoms with van der Waals surface area (Å²) >= 11 is 0. The van der Waals surface area contributed by atoms with Crippen LogP contribution in [-0.4, -0.2) is 47.4 Å². The highest BCUT2D eigenvalue weighted by atomic mass is 16.1. The van der Waals surface area contributed by atoms with Crippen molar-refractivity contribution in [2.45, 2.75) is 19.4 Å². The van der Waals surface area contributed by atoms with Gasteiger partial charge in [-0.3, -0.25) is 9.59 Å². The molecular weight excluding hydrogens is 424 g/mol. The van der Waals surface area contributed by atoms with Gasteiger partial charge in [0.1, 0.15) is 17.4 Å². The van der Waals surface area contributed by atoms with Crippen LogP contribution in [-0.2, 0) is 4.79 Å². The third kappa shape index (κ3) is 4.79. The predicted molar refractivity (Wildman–Crippen MR) is 121 cm³/mol. The Morgan fingerprint density at radius 1 is 1.03 bits per heavy atom. The molecule has 0 saturated carbocycles. The van der Waals surface area contributed by atoms with Gasteiger partial charge in [0.15, 0.2) is 0 Å². The monoisotopic (exact) mass is 446 g/mol. The van der Waals surface area contributed by atoms with Crippen molar-refractivity contribution in [3.63, 3.8) is 0 Å². The topological polar surface area (TPSA) is 172 Å². The van der Waals surface area contributed by atoms with E-state index < -0.39 is 17.9 Å². The maximum atomic E-state index is 12.0. The highest BCUT2D eigenvalue weighted by Gasteiger charge is 2.18. The molecular formula is C21H22N10O2. The third-order valence-corrected chi connectivity index (χ3v) is 4.81. The van der Waals surface area contributed by atoms with Gasteiger partial charge in [-0.2, -0.15) is 15.2 Å². The number of anilines is 3. The molecule has 0 unspecified atom stereocenters. The normalized spacial score (nSPS) is 11.7. The summed E-state index contributed by atoms with van der Waals surface area (Å²) in [7, 11) is 0. The first kappa shape index (κ1) is 21.5. The molecule has 3 heterocycles. The minimum absolute atomic E-state index is 0.0813. The Hall–Kier alpha value is -4.74. The number of carbonyl (C=O) groups excluding carboxylic acids is 2. The van der Waals surface area contributed by atoms with Gasteiger partial charge in [-0.1, -0.05) is 6.92 Å². The Morgan fingerprint density at radius 2 is 1.67 bits per heavy atom. The molecule has 4 rings (SSSR count). The van der Waals surface area contributed by atoms with E-state index >= 15 is 0 Å². The summed E-state index contributed by atoms with van der Waals surface area (Å²) in [5.74, 6) is -0.945. The number of hydrogen-bond donors (Lipinski definition) is 4. The molecule has 1 aromatic carbocycles. The highest BCUT2D eigenvalue weighted by molar-refractivity contribution is 5.98. The van der Waals surface area contributed by atoms with Gasteiger partial charge in [0.05, 0.1) is 11.4 Å². The molecule has 33 heavy (non-hydrogen) atoms. The van der Waals surface area contributed by atoms with E-state index in [0.717, 1.165) is 11.4 Å². The van der Waals surface area contributed by atoms with E-state index in [1.807, 2.05) is 42.7 Å². The molecule has 3 aromatic heterocycles. The molecule has 0 aliphatic carbocycles. The number of nitrogens with zero attached hydrogens (tertiary/aromatic N) is 6. The molecule has 2 amide bonds. The summed E-state index contributed by atoms with van der Waals surface area (Å²) in [5.41, 5.74) is 13.1. The van der Waals surface area contributed by atoms with Crippen molar-refractivity contribution in [3.05, 3.63) is 66.9 Å². The molecule has 4 aromatic rings. The molecule has 0 fully saturated rings. The van der Waals surface area contributed by atoms with Crippen LogP contribution in [0.25, 0.3) is 11.4 Å². The lowest BCUT2D eigenvalue weighted by molar-refractivity contribution is -0.118. The van der Waals surface area contributed by atoms with E-state index in [4.69, 9.17) is 11.5 Å². The first-order chi connectivity index (χ1) is 15.9. The highest BCUT2D eigenvalue weighted by Crippen LogP contribution is 2.25. The molecule has 0 saturated heterocycles. The number of amides is 2. The number of carbonyl (C=O) groups is 2. The third-order valence-electron chi connectivity index (χ3n) is 4.81. The van der Waals surface area contributed by atoms with Crippen LogP contribution >= 0.6 is 0 Å². The maximum absolute atomic E-state index is 12.0. The van der Waals surface area contributed by atoms with Gasteiger partial charge >= 0.3 is 0 Å². The van der Waals surface area contributed by atoms with Crippen molar-refractivity contribution in [2.75, 3.05) is 10.6 Å². The number of benzene rings is 1. The molecule has 168 valence electrons. The van der Waals surface area contributed by atoms with Crippen LogP contribution in [0.4, 0.5) is 17.5 Å². The Morgan fingerprint density at radius 3 is 2.15 bits per heavy atom. The Kier molecular flexibility index (Phi) is 5.98. The van der Waals surface area contributed by atoms with Gasteiger partial charge in [-0.25, -0.2) is 14.3 Å². The van der Waals surface area contributed by atoms with Crippen molar-refractivity contribution in [1.82, 2.24) is 29.5 Å². The summed E-state index contributed by atoms with van der Waals surface area (Å²) in [5, 5.41) is 14.6. The molecule has 6 N–H and O–H groups in total. The van der Waals surface area contributed by atoms with E-state index in [1.165, 1.54) is 6.20 Å². The van der Waals surface area contributed by atoms with Gasteiger partial charge in [0, 0.05) is 36.7 Å². The zero-order valence-electron chi connectivity index (χ0n) is 17.7. The van der Waals surface area contributed by atoms with Crippen LogP contribution in [0.2, 0.25) is 0 Å². The fourth-order valence-electron chi connectivity index (χ4n) is 3.17. The molecule has 0 aliphatic heterocycles. The Balaban J connectivity index is 1.75. The maximum Gasteiger partial charge on any atom is 0.254 e. The van der Waals surface area contributed by atoms with E-state index in [-0.39, 0.29) is 17.3 Å². The Bertz CT molecular complexity index is 1220. The van der Waals surface area contributed by atoms with E-state index in [2.05, 4.69) is 30.8 Å². The van der Waals surface area contributed by atoms with Gasteiger partial charge in [-0.05, 0) is 36.8 Å². The second kappa shape index (κ2) is 9.18. The second-order valence-electron chi connectivity index (χ2n) is 7.09. The van der Waals surface area contributed by atoms with Crippen molar-refractivity contribution in [1.29, 1.82) is 0 Å². The lowest BCUT2D eigenvalue weighted by atomic mass is 10.2. The number of nitrogens with one attached hydrogen (secondary N) is 2. The first-order valence-corrected chi connectivity index (χ1v) is 10.1. The quantitative estimate of drug-likeness (QED) is 0.298. The van der Waals surface area contributed by atoms with Crippen LogP contribution in [0.1, 0.15) is 23.7 Å². The molecule has 0 aliphatic rings. The van der Waals surface area contributed by atoms with Crippen molar-refractivity contribution in [2.24, 2.45) is 11.5 Å². The number of rotatable bonds is 9. The minimum Gasteiger partial charge on any atom is -0.368 e. The number of hydrogen-bond acceptors (Lipinski definition) is 8. The fraction of sp³-hybridized carbons (Fsp3) is 0.143. The van der Waals surface area contributed by atoms with E-state index in [9.17, 15) is 9.59 Å². The van der Waals surface area contributed by atoms with Crippen LogP contribution in [0, 0.1) is 0 Å². The molecule has 0 radical (unpaired) electrons. The standard InChI is InChI=1S/C21H22N10O2/c1-2-17(19(23)33)28-21-24-12-16(18(22)32)20(29-21)27-13-9-14(30-7-3-5-25-30)11-15(10-13)31-8-4-6-26-31/h3-12,17H,2H2,1H3,(H2,22,32)(H2,23,33)(H2,24,27,28,29)/t17-/m1/s1. The number of primary amides is 2. The fourth-order valence-corrected chi connectivity index (χ4v) is 3.17. The molecule has 12 heteroatoms. The number of nitrogens with two attached hydrogens (primary N) is 2. The van der Waals surface area contributed by atoms with Crippen molar-refractivity contribution < 1.29 is 9.59 Å². The predicted octanol–water partition coefficient (Wildman–Crippen LogP) is 1.37. The van der Waals surface area contributed by atoms with Gasteiger partial charge in [0.2, 0.25) is 11.9 Å². The number of aromatic nitrogens is 6. The van der Waals surface area contributed by atoms with Crippen LogP contribution in [0.3, 0.4) is 0 Å². The largest absolute Gasteiger partial charge is 0.368 e. The lowest BCUT2D eigenvalue weighted by Crippen LogP contribution is -2.35. The summed E-state index contributed by atoms with van der Waals surface area (Å²) < 4.78 is 3.39. The van der Waals surface area contributed by atoms with Crippen molar-refractivity contribution in [3.8, 4) is 11.4 Å². The summed E-state index contributed by atoms with van der Waals surface area (Å²) in [4.78, 5) is 32.0. The lowest BCUT2D eigenvalue weighted by Gasteiger charge is -2.16. The average molecular weight is 446 g/mol. The molecule has 0 bridgehead atoms. The first-order valence-electron chi connectivity index (χ1n) is 10.1. The van der Waals surface area contributed by atoms with Gasteiger partial charge in [0.25, 0.3) is 5.91 Å². The second-order valence-corrected chi connectivity index (χ2v) is 7.09. The SMILES string of the molecule is CC[C@@H](Nc1ncc(C(N)=O)c(Nc2cc(-n3cccn3)cc(-n3cccn3)c2)n1)C(N)=O. The zero-order valence-corrected chi connectivity index (χ0v) is 17.7. The van der Waals surface area contributed by atoms with Crippen molar-refractivity contribution >= 4 is 29.3 Å². The van der Waals surface area contributed by atoms with Crippen LogP contribution in [0.15, 0.2) is 61.3 Å². The van der Waals surface area contributed by atoms with Crippen LogP contribution in [0.5, 0.6) is 0 Å². The van der Waals surface area contributed by atoms with Crippen LogP contribution < -0.4 is 22.1 Å². The smallest absolute Gasteiger partial charge is 0.254 e. The Labute approximate surface area is 188 Å². The molecule has 0 spiro atoms. The van der Waals surface area contributed by atoms with Gasteiger partial charge in [-0.15, -0.1) is 0 Å². The molecule has 1 atom stereocenters. The van der Waals surface area contributed by atoms with E-state index in [1.54, 1.807) is 28.7 Å². The van der Waals surface area contributed by atoms with Gasteiger partial charge < -0.3 is 22.1 Å².